The number of oxime groups is 2. The Morgan fingerprint density at radius 3 is 2.39 bits per heavy atom. The maximum atomic E-state index is 11.5. The molecule has 0 unspecified atom stereocenters. The van der Waals surface area contributed by atoms with E-state index in [0.29, 0.717) is 23.2 Å². The summed E-state index contributed by atoms with van der Waals surface area (Å²) in [5.74, 6) is 2.79. The standard InChI is InChI=1S/C25H40N2O4/c1-15(26-29-5)23-22(27-30-6)14-21-19-8-7-17-13-18(31-16(2)28)9-11-24(17,3)20(19)10-12-25(21,23)4/h17-21,23H,7-14H2,1-6H3/b26-15+,27-22-/t17-,18+,19+,20+,21+,23+,24-,25+/m0/s1. The van der Waals surface area contributed by atoms with Gasteiger partial charge in [-0.25, -0.2) is 0 Å². The normalized spacial score (nSPS) is 46.0. The molecule has 0 aromatic carbocycles. The number of nitrogens with zero attached hydrogens (tertiary/aromatic N) is 2. The molecule has 0 N–H and O–H groups in total. The third-order valence-corrected chi connectivity index (χ3v) is 9.67. The first-order valence-electron chi connectivity index (χ1n) is 12.1. The highest BCUT2D eigenvalue weighted by atomic mass is 16.6. The van der Waals surface area contributed by atoms with Crippen LogP contribution in [0.5, 0.6) is 0 Å². The number of fused-ring (bicyclic) bond motifs is 5. The number of hydrogen-bond donors (Lipinski definition) is 0. The van der Waals surface area contributed by atoms with E-state index in [4.69, 9.17) is 14.4 Å². The van der Waals surface area contributed by atoms with Crippen LogP contribution >= 0.6 is 0 Å². The fraction of sp³-hybridized carbons (Fsp3) is 0.880. The maximum Gasteiger partial charge on any atom is 0.302 e. The van der Waals surface area contributed by atoms with Crippen LogP contribution in [0.25, 0.3) is 0 Å². The fourth-order valence-electron chi connectivity index (χ4n) is 8.50. The van der Waals surface area contributed by atoms with Crippen LogP contribution in [0.4, 0.5) is 0 Å². The Balaban J connectivity index is 1.60. The number of rotatable bonds is 4. The van der Waals surface area contributed by atoms with Gasteiger partial charge in [0.05, 0.1) is 11.4 Å². The zero-order chi connectivity index (χ0) is 22.4. The van der Waals surface area contributed by atoms with Crippen LogP contribution in [0.15, 0.2) is 10.3 Å². The van der Waals surface area contributed by atoms with Crippen molar-refractivity contribution in [3.05, 3.63) is 0 Å². The molecular weight excluding hydrogens is 392 g/mol. The molecule has 31 heavy (non-hydrogen) atoms. The minimum Gasteiger partial charge on any atom is -0.463 e. The Kier molecular flexibility index (Phi) is 6.12. The lowest BCUT2D eigenvalue weighted by Gasteiger charge is -2.60. The van der Waals surface area contributed by atoms with Gasteiger partial charge >= 0.3 is 5.97 Å². The van der Waals surface area contributed by atoms with Gasteiger partial charge in [-0.3, -0.25) is 4.79 Å². The first-order chi connectivity index (χ1) is 14.7. The van der Waals surface area contributed by atoms with Crippen LogP contribution in [-0.4, -0.2) is 37.7 Å². The highest BCUT2D eigenvalue weighted by Gasteiger charge is 2.62. The molecule has 0 spiro atoms. The molecule has 0 aliphatic heterocycles. The van der Waals surface area contributed by atoms with Crippen molar-refractivity contribution in [1.29, 1.82) is 0 Å². The van der Waals surface area contributed by atoms with Gasteiger partial charge in [0.15, 0.2) is 0 Å². The van der Waals surface area contributed by atoms with Gasteiger partial charge in [0, 0.05) is 12.8 Å². The molecular formula is C25H40N2O4. The molecule has 6 nitrogen and oxygen atoms in total. The van der Waals surface area contributed by atoms with Crippen LogP contribution in [0, 0.1) is 40.4 Å². The molecule has 4 saturated carbocycles. The number of hydrogen-bond acceptors (Lipinski definition) is 6. The second-order valence-electron chi connectivity index (χ2n) is 11.0. The van der Waals surface area contributed by atoms with Crippen molar-refractivity contribution in [2.24, 2.45) is 50.7 Å². The zero-order valence-electron chi connectivity index (χ0n) is 20.1. The van der Waals surface area contributed by atoms with Crippen LogP contribution in [0.1, 0.15) is 79.1 Å². The maximum absolute atomic E-state index is 11.5. The summed E-state index contributed by atoms with van der Waals surface area (Å²) in [7, 11) is 3.27. The number of esters is 1. The van der Waals surface area contributed by atoms with Crippen LogP contribution in [0.2, 0.25) is 0 Å². The van der Waals surface area contributed by atoms with E-state index in [1.165, 1.54) is 39.0 Å². The summed E-state index contributed by atoms with van der Waals surface area (Å²) in [5, 5.41) is 8.81. The molecule has 8 atom stereocenters. The summed E-state index contributed by atoms with van der Waals surface area (Å²) in [6.45, 7) is 8.61. The predicted molar refractivity (Wildman–Crippen MR) is 121 cm³/mol. The van der Waals surface area contributed by atoms with E-state index in [1.54, 1.807) is 14.2 Å². The highest BCUT2D eigenvalue weighted by molar-refractivity contribution is 6.08. The summed E-state index contributed by atoms with van der Waals surface area (Å²) in [4.78, 5) is 21.9. The summed E-state index contributed by atoms with van der Waals surface area (Å²) < 4.78 is 5.62. The molecule has 0 saturated heterocycles. The van der Waals surface area contributed by atoms with Gasteiger partial charge in [-0.15, -0.1) is 0 Å². The quantitative estimate of drug-likeness (QED) is 0.347. The van der Waals surface area contributed by atoms with E-state index in [0.717, 1.165) is 36.6 Å². The van der Waals surface area contributed by atoms with Crippen molar-refractivity contribution in [1.82, 2.24) is 0 Å². The lowest BCUT2D eigenvalue weighted by atomic mass is 9.44. The van der Waals surface area contributed by atoms with Gasteiger partial charge in [-0.05, 0) is 92.8 Å². The number of ether oxygens (including phenoxy) is 1. The van der Waals surface area contributed by atoms with E-state index in [-0.39, 0.29) is 23.4 Å². The molecule has 0 aromatic heterocycles. The molecule has 174 valence electrons. The van der Waals surface area contributed by atoms with E-state index < -0.39 is 0 Å². The Labute approximate surface area is 187 Å². The highest BCUT2D eigenvalue weighted by Crippen LogP contribution is 2.67. The summed E-state index contributed by atoms with van der Waals surface area (Å²) in [6, 6.07) is 0. The van der Waals surface area contributed by atoms with Crippen molar-refractivity contribution >= 4 is 17.4 Å². The average Bonchev–Trinajstić information content (AvgIpc) is 3.00. The van der Waals surface area contributed by atoms with Crippen molar-refractivity contribution in [3.8, 4) is 0 Å². The fourth-order valence-corrected chi connectivity index (χ4v) is 8.50. The van der Waals surface area contributed by atoms with Gasteiger partial charge in [-0.1, -0.05) is 24.2 Å². The Morgan fingerprint density at radius 1 is 0.968 bits per heavy atom. The predicted octanol–water partition coefficient (Wildman–Crippen LogP) is 5.21. The zero-order valence-corrected chi connectivity index (χ0v) is 20.1. The molecule has 4 aliphatic carbocycles. The Morgan fingerprint density at radius 2 is 1.71 bits per heavy atom. The van der Waals surface area contributed by atoms with Gasteiger partial charge in [-0.2, -0.15) is 0 Å². The van der Waals surface area contributed by atoms with E-state index in [2.05, 4.69) is 31.1 Å². The van der Waals surface area contributed by atoms with Crippen molar-refractivity contribution in [3.63, 3.8) is 0 Å². The monoisotopic (exact) mass is 432 g/mol. The molecule has 6 heteroatoms. The van der Waals surface area contributed by atoms with Gasteiger partial charge in [0.2, 0.25) is 0 Å². The van der Waals surface area contributed by atoms with E-state index >= 15 is 0 Å². The Hall–Kier alpha value is -1.59. The molecule has 4 aliphatic rings. The molecule has 0 aromatic rings. The van der Waals surface area contributed by atoms with Crippen LogP contribution in [0.3, 0.4) is 0 Å². The summed E-state index contributed by atoms with van der Waals surface area (Å²) >= 11 is 0. The van der Waals surface area contributed by atoms with Gasteiger partial charge < -0.3 is 14.4 Å². The Bertz CT molecular complexity index is 765. The van der Waals surface area contributed by atoms with Crippen molar-refractivity contribution in [2.45, 2.75) is 85.2 Å². The minimum atomic E-state index is -0.134. The largest absolute Gasteiger partial charge is 0.463 e. The van der Waals surface area contributed by atoms with Crippen molar-refractivity contribution < 1.29 is 19.2 Å². The summed E-state index contributed by atoms with van der Waals surface area (Å²) in [6.07, 6.45) is 9.32. The average molecular weight is 433 g/mol. The molecule has 0 heterocycles. The van der Waals surface area contributed by atoms with Gasteiger partial charge in [0.1, 0.15) is 20.3 Å². The minimum absolute atomic E-state index is 0.116. The third-order valence-electron chi connectivity index (χ3n) is 9.67. The van der Waals surface area contributed by atoms with Crippen LogP contribution < -0.4 is 0 Å². The van der Waals surface area contributed by atoms with Gasteiger partial charge in [0.25, 0.3) is 0 Å². The smallest absolute Gasteiger partial charge is 0.302 e. The third kappa shape index (κ3) is 3.68. The SMILES string of the molecule is CO/N=C1/C[C@@H]2[C@@H]3CC[C@H]4C[C@H](OC(C)=O)CC[C@]4(C)[C@@H]3CC[C@@]2(C)[C@@H]1/C(C)=N/OC. The second kappa shape index (κ2) is 8.40. The van der Waals surface area contributed by atoms with E-state index in [9.17, 15) is 4.79 Å². The lowest BCUT2D eigenvalue weighted by molar-refractivity contribution is -0.159. The molecule has 0 amide bonds. The van der Waals surface area contributed by atoms with E-state index in [1.807, 2.05) is 0 Å². The molecule has 0 radical (unpaired) electrons. The molecule has 4 fully saturated rings. The first-order valence-corrected chi connectivity index (χ1v) is 12.1. The lowest BCUT2D eigenvalue weighted by Crippen LogP contribution is -2.54. The number of carbonyl (C=O) groups excluding carboxylic acids is 1. The first kappa shape index (κ1) is 22.6. The number of carbonyl (C=O) groups is 1. The molecule has 4 rings (SSSR count). The topological polar surface area (TPSA) is 69.5 Å². The molecule has 0 bridgehead atoms. The second-order valence-corrected chi connectivity index (χ2v) is 11.0. The van der Waals surface area contributed by atoms with Crippen molar-refractivity contribution in [2.75, 3.05) is 14.2 Å². The summed E-state index contributed by atoms with van der Waals surface area (Å²) in [5.41, 5.74) is 2.67. The van der Waals surface area contributed by atoms with Crippen LogP contribution in [-0.2, 0) is 19.2 Å².